The molecule has 0 aliphatic carbocycles. The van der Waals surface area contributed by atoms with Gasteiger partial charge in [0.15, 0.2) is 0 Å². The molecule has 0 atom stereocenters. The van der Waals surface area contributed by atoms with Crippen molar-refractivity contribution in [2.24, 2.45) is 0 Å². The minimum Gasteiger partial charge on any atom is -0.496 e. The van der Waals surface area contributed by atoms with Gasteiger partial charge in [0.25, 0.3) is 0 Å². The third-order valence-electron chi connectivity index (χ3n) is 2.25. The molecule has 0 bridgehead atoms. The molecular weight excluding hydrogens is 310 g/mol. The largest absolute Gasteiger partial charge is 0.496 e. The van der Waals surface area contributed by atoms with Gasteiger partial charge in [-0.3, -0.25) is 0 Å². The van der Waals surface area contributed by atoms with Gasteiger partial charge in [-0.1, -0.05) is 0 Å². The van der Waals surface area contributed by atoms with E-state index in [0.717, 1.165) is 4.31 Å². The molecule has 1 aromatic carbocycles. The maximum absolute atomic E-state index is 12.0. The fraction of sp³-hybridized carbons (Fsp3) is 0.400. The van der Waals surface area contributed by atoms with E-state index in [-0.39, 0.29) is 18.0 Å². The lowest BCUT2D eigenvalue weighted by molar-refractivity contribution is 0.266. The van der Waals surface area contributed by atoms with Crippen molar-refractivity contribution >= 4 is 26.0 Å². The van der Waals surface area contributed by atoms with Crippen LogP contribution < -0.4 is 4.74 Å². The van der Waals surface area contributed by atoms with E-state index in [2.05, 4.69) is 15.9 Å². The van der Waals surface area contributed by atoms with E-state index < -0.39 is 10.0 Å². The Bertz CT molecular complexity index is 489. The summed E-state index contributed by atoms with van der Waals surface area (Å²) < 4.78 is 30.7. The lowest BCUT2D eigenvalue weighted by Crippen LogP contribution is -2.29. The van der Waals surface area contributed by atoms with Crippen LogP contribution in [0.25, 0.3) is 0 Å². The van der Waals surface area contributed by atoms with Crippen LogP contribution in [0.4, 0.5) is 0 Å². The van der Waals surface area contributed by atoms with Crippen LogP contribution in [0.2, 0.25) is 0 Å². The second kappa shape index (κ2) is 5.81. The summed E-state index contributed by atoms with van der Waals surface area (Å²) in [6.07, 6.45) is 0. The number of likely N-dealkylation sites (N-methyl/N-ethyl adjacent to an activating group) is 1. The maximum atomic E-state index is 12.0. The summed E-state index contributed by atoms with van der Waals surface area (Å²) in [5.74, 6) is 0.564. The van der Waals surface area contributed by atoms with Crippen LogP contribution in [0, 0.1) is 0 Å². The molecule has 0 spiro atoms. The minimum absolute atomic E-state index is 0.0615. The highest BCUT2D eigenvalue weighted by atomic mass is 79.9. The molecule has 5 nitrogen and oxygen atoms in total. The van der Waals surface area contributed by atoms with Crippen molar-refractivity contribution in [3.05, 3.63) is 22.7 Å². The summed E-state index contributed by atoms with van der Waals surface area (Å²) in [5, 5.41) is 8.75. The molecule has 0 aliphatic rings. The molecule has 1 rings (SSSR count). The highest BCUT2D eigenvalue weighted by Crippen LogP contribution is 2.28. The zero-order chi connectivity index (χ0) is 13.1. The molecule has 0 radical (unpaired) electrons. The Morgan fingerprint density at radius 2 is 2.12 bits per heavy atom. The van der Waals surface area contributed by atoms with Gasteiger partial charge in [0.05, 0.1) is 23.1 Å². The van der Waals surface area contributed by atoms with Crippen molar-refractivity contribution in [3.63, 3.8) is 0 Å². The van der Waals surface area contributed by atoms with E-state index in [1.54, 1.807) is 6.07 Å². The quantitative estimate of drug-likeness (QED) is 0.880. The Hall–Kier alpha value is -0.630. The van der Waals surface area contributed by atoms with Crippen molar-refractivity contribution in [3.8, 4) is 5.75 Å². The number of rotatable bonds is 5. The molecule has 0 fully saturated rings. The van der Waals surface area contributed by atoms with E-state index in [1.807, 2.05) is 0 Å². The number of benzene rings is 1. The van der Waals surface area contributed by atoms with Gasteiger partial charge in [-0.25, -0.2) is 8.42 Å². The predicted molar refractivity (Wildman–Crippen MR) is 67.6 cm³/mol. The number of sulfonamides is 1. The molecule has 1 N–H and O–H groups in total. The number of aliphatic hydroxyl groups is 1. The first-order valence-electron chi connectivity index (χ1n) is 4.84. The highest BCUT2D eigenvalue weighted by molar-refractivity contribution is 9.10. The second-order valence-corrected chi connectivity index (χ2v) is 6.25. The zero-order valence-electron chi connectivity index (χ0n) is 9.55. The third-order valence-corrected chi connectivity index (χ3v) is 4.72. The maximum Gasteiger partial charge on any atom is 0.242 e. The topological polar surface area (TPSA) is 66.8 Å². The van der Waals surface area contributed by atoms with Gasteiger partial charge < -0.3 is 9.84 Å². The summed E-state index contributed by atoms with van der Waals surface area (Å²) in [5.41, 5.74) is 0. The van der Waals surface area contributed by atoms with Crippen molar-refractivity contribution in [2.75, 3.05) is 27.3 Å². The Morgan fingerprint density at radius 3 is 2.59 bits per heavy atom. The number of hydrogen-bond acceptors (Lipinski definition) is 4. The summed E-state index contributed by atoms with van der Waals surface area (Å²) in [7, 11) is -0.634. The normalized spacial score (nSPS) is 11.8. The summed E-state index contributed by atoms with van der Waals surface area (Å²) in [4.78, 5) is 0.154. The molecule has 17 heavy (non-hydrogen) atoms. The molecule has 0 aliphatic heterocycles. The van der Waals surface area contributed by atoms with E-state index >= 15 is 0 Å². The van der Waals surface area contributed by atoms with Gasteiger partial charge in [-0.05, 0) is 34.1 Å². The molecule has 0 saturated heterocycles. The standard InChI is InChI=1S/C10H14BrNO4S/c1-12(5-6-13)17(14,15)8-3-4-10(16-2)9(11)7-8/h3-4,7,13H,5-6H2,1-2H3. The second-order valence-electron chi connectivity index (χ2n) is 3.35. The first-order chi connectivity index (χ1) is 7.93. The van der Waals surface area contributed by atoms with Crippen molar-refractivity contribution in [2.45, 2.75) is 4.90 Å². The molecule has 0 heterocycles. The van der Waals surface area contributed by atoms with Gasteiger partial charge in [0, 0.05) is 13.6 Å². The average molecular weight is 324 g/mol. The zero-order valence-corrected chi connectivity index (χ0v) is 12.0. The van der Waals surface area contributed by atoms with Crippen molar-refractivity contribution in [1.82, 2.24) is 4.31 Å². The lowest BCUT2D eigenvalue weighted by Gasteiger charge is -2.16. The molecular formula is C10H14BrNO4S. The molecule has 0 amide bonds. The van der Waals surface area contributed by atoms with Crippen molar-refractivity contribution in [1.29, 1.82) is 0 Å². The van der Waals surface area contributed by atoms with Crippen LogP contribution in [0.15, 0.2) is 27.6 Å². The Kier molecular flexibility index (Phi) is 4.93. The van der Waals surface area contributed by atoms with Gasteiger partial charge in [0.1, 0.15) is 5.75 Å². The first kappa shape index (κ1) is 14.4. The van der Waals surface area contributed by atoms with Crippen molar-refractivity contribution < 1.29 is 18.3 Å². The lowest BCUT2D eigenvalue weighted by atomic mass is 10.3. The SMILES string of the molecule is COc1ccc(S(=O)(=O)N(C)CCO)cc1Br. The minimum atomic E-state index is -3.56. The molecule has 0 saturated carbocycles. The van der Waals surface area contributed by atoms with Crippen LogP contribution in [0.1, 0.15) is 0 Å². The first-order valence-corrected chi connectivity index (χ1v) is 7.07. The van der Waals surface area contributed by atoms with Crippen LogP contribution in [-0.4, -0.2) is 45.1 Å². The molecule has 0 aromatic heterocycles. The third kappa shape index (κ3) is 3.19. The Morgan fingerprint density at radius 1 is 1.47 bits per heavy atom. The van der Waals surface area contributed by atoms with Crippen LogP contribution >= 0.6 is 15.9 Å². The average Bonchev–Trinajstić information content (AvgIpc) is 2.29. The number of nitrogens with zero attached hydrogens (tertiary/aromatic N) is 1. The molecule has 7 heteroatoms. The van der Waals surface area contributed by atoms with E-state index in [9.17, 15) is 8.42 Å². The van der Waals surface area contributed by atoms with Gasteiger partial charge in [-0.2, -0.15) is 4.31 Å². The number of methoxy groups -OCH3 is 1. The van der Waals surface area contributed by atoms with E-state index in [1.165, 1.54) is 26.3 Å². The van der Waals surface area contributed by atoms with Crippen LogP contribution in [0.3, 0.4) is 0 Å². The number of hydrogen-bond donors (Lipinski definition) is 1. The summed E-state index contributed by atoms with van der Waals surface area (Å²) >= 11 is 3.23. The Labute approximate surface area is 109 Å². The van der Waals surface area contributed by atoms with Gasteiger partial charge in [-0.15, -0.1) is 0 Å². The number of aliphatic hydroxyl groups excluding tert-OH is 1. The Balaban J connectivity index is 3.12. The van der Waals surface area contributed by atoms with E-state index in [4.69, 9.17) is 9.84 Å². The fourth-order valence-corrected chi connectivity index (χ4v) is 3.13. The molecule has 1 aromatic rings. The van der Waals surface area contributed by atoms with Crippen LogP contribution in [0.5, 0.6) is 5.75 Å². The van der Waals surface area contributed by atoms with Gasteiger partial charge in [0.2, 0.25) is 10.0 Å². The van der Waals surface area contributed by atoms with E-state index in [0.29, 0.717) is 10.2 Å². The highest BCUT2D eigenvalue weighted by Gasteiger charge is 2.21. The monoisotopic (exact) mass is 323 g/mol. The van der Waals surface area contributed by atoms with Crippen LogP contribution in [-0.2, 0) is 10.0 Å². The number of ether oxygens (including phenoxy) is 1. The fourth-order valence-electron chi connectivity index (χ4n) is 1.25. The summed E-state index contributed by atoms with van der Waals surface area (Å²) in [6.45, 7) is -0.154. The summed E-state index contributed by atoms with van der Waals surface area (Å²) in [6, 6.07) is 4.51. The smallest absolute Gasteiger partial charge is 0.242 e. The van der Waals surface area contributed by atoms with Gasteiger partial charge >= 0.3 is 0 Å². The number of halogens is 1. The molecule has 0 unspecified atom stereocenters. The molecule has 96 valence electrons. The predicted octanol–water partition coefficient (Wildman–Crippen LogP) is 1.07.